The van der Waals surface area contributed by atoms with Gasteiger partial charge in [-0.15, -0.1) is 0 Å². The van der Waals surface area contributed by atoms with Gasteiger partial charge in [0, 0.05) is 38.8 Å². The Kier molecular flexibility index (Phi) is 10.1. The number of methoxy groups -OCH3 is 1. The molecule has 0 aliphatic rings. The van der Waals surface area contributed by atoms with E-state index in [0.29, 0.717) is 32.8 Å². The first-order valence-electron chi connectivity index (χ1n) is 7.34. The molecule has 0 saturated heterocycles. The Hall–Kier alpha value is -1.59. The third-order valence-electron chi connectivity index (χ3n) is 2.79. The van der Waals surface area contributed by atoms with Gasteiger partial charge in [0.15, 0.2) is 0 Å². The van der Waals surface area contributed by atoms with Crippen LogP contribution >= 0.6 is 0 Å². The fourth-order valence-electron chi connectivity index (χ4n) is 1.68. The molecule has 0 aliphatic heterocycles. The minimum absolute atomic E-state index is 0.151. The van der Waals surface area contributed by atoms with E-state index in [2.05, 4.69) is 5.32 Å². The molecular formula is C16H25NO4. The highest BCUT2D eigenvalue weighted by Gasteiger charge is 2.02. The van der Waals surface area contributed by atoms with Crippen molar-refractivity contribution in [3.05, 3.63) is 30.3 Å². The molecule has 21 heavy (non-hydrogen) atoms. The van der Waals surface area contributed by atoms with Crippen LogP contribution in [0.25, 0.3) is 0 Å². The summed E-state index contributed by atoms with van der Waals surface area (Å²) in [6.07, 6.45) is 1.92. The lowest BCUT2D eigenvalue weighted by Gasteiger charge is -2.07. The summed E-state index contributed by atoms with van der Waals surface area (Å²) in [5.41, 5.74) is 1.07. The Morgan fingerprint density at radius 1 is 1.05 bits per heavy atom. The predicted molar refractivity (Wildman–Crippen MR) is 82.4 cm³/mol. The fraction of sp³-hybridized carbons (Fsp3) is 0.562. The van der Waals surface area contributed by atoms with Gasteiger partial charge < -0.3 is 19.5 Å². The Labute approximate surface area is 126 Å². The molecule has 1 aromatic carbocycles. The second-order valence-corrected chi connectivity index (χ2v) is 4.58. The zero-order chi connectivity index (χ0) is 15.2. The lowest BCUT2D eigenvalue weighted by Crippen LogP contribution is -2.11. The molecule has 0 spiro atoms. The van der Waals surface area contributed by atoms with Gasteiger partial charge in [-0.25, -0.2) is 0 Å². The molecule has 0 heterocycles. The molecule has 1 rings (SSSR count). The zero-order valence-electron chi connectivity index (χ0n) is 12.7. The van der Waals surface area contributed by atoms with Crippen LogP contribution in [0.15, 0.2) is 30.3 Å². The van der Waals surface area contributed by atoms with Crippen molar-refractivity contribution >= 4 is 11.7 Å². The second kappa shape index (κ2) is 12.2. The predicted octanol–water partition coefficient (Wildman–Crippen LogP) is 2.47. The molecule has 0 fully saturated rings. The highest BCUT2D eigenvalue weighted by molar-refractivity contribution is 5.69. The first kappa shape index (κ1) is 17.5. The van der Waals surface area contributed by atoms with Crippen LogP contribution in [0.5, 0.6) is 0 Å². The topological polar surface area (TPSA) is 56.8 Å². The summed E-state index contributed by atoms with van der Waals surface area (Å²) >= 11 is 0. The molecular weight excluding hydrogens is 270 g/mol. The molecule has 0 atom stereocenters. The summed E-state index contributed by atoms with van der Waals surface area (Å²) < 4.78 is 15.3. The Morgan fingerprint density at radius 3 is 2.62 bits per heavy atom. The minimum atomic E-state index is -0.151. The summed E-state index contributed by atoms with van der Waals surface area (Å²) in [6, 6.07) is 9.93. The number of rotatable bonds is 12. The van der Waals surface area contributed by atoms with Crippen molar-refractivity contribution in [1.82, 2.24) is 0 Å². The van der Waals surface area contributed by atoms with Gasteiger partial charge in [-0.3, -0.25) is 4.79 Å². The molecule has 1 N–H and O–H groups in total. The van der Waals surface area contributed by atoms with Crippen molar-refractivity contribution in [2.75, 3.05) is 45.4 Å². The summed E-state index contributed by atoms with van der Waals surface area (Å²) in [5.74, 6) is -0.151. The van der Waals surface area contributed by atoms with E-state index in [1.165, 1.54) is 0 Å². The number of benzene rings is 1. The van der Waals surface area contributed by atoms with Crippen molar-refractivity contribution in [3.8, 4) is 0 Å². The average molecular weight is 295 g/mol. The van der Waals surface area contributed by atoms with Crippen molar-refractivity contribution in [3.63, 3.8) is 0 Å². The van der Waals surface area contributed by atoms with Gasteiger partial charge in [0.1, 0.15) is 0 Å². The van der Waals surface area contributed by atoms with Gasteiger partial charge in [0.2, 0.25) is 0 Å². The molecule has 0 amide bonds. The van der Waals surface area contributed by atoms with E-state index in [0.717, 1.165) is 25.1 Å². The minimum Gasteiger partial charge on any atom is -0.466 e. The molecule has 0 aliphatic carbocycles. The number of hydrogen-bond donors (Lipinski definition) is 1. The van der Waals surface area contributed by atoms with Crippen LogP contribution in [-0.2, 0) is 19.0 Å². The van der Waals surface area contributed by atoms with E-state index in [1.807, 2.05) is 30.3 Å². The van der Waals surface area contributed by atoms with Crippen molar-refractivity contribution in [2.45, 2.75) is 19.3 Å². The van der Waals surface area contributed by atoms with Crippen LogP contribution < -0.4 is 5.32 Å². The normalized spacial score (nSPS) is 10.3. The van der Waals surface area contributed by atoms with Gasteiger partial charge in [-0.1, -0.05) is 18.2 Å². The van der Waals surface area contributed by atoms with E-state index in [9.17, 15) is 4.79 Å². The Balaban J connectivity index is 1.90. The van der Waals surface area contributed by atoms with Gasteiger partial charge in [-0.05, 0) is 18.6 Å². The average Bonchev–Trinajstić information content (AvgIpc) is 2.52. The third kappa shape index (κ3) is 9.87. The molecule has 5 nitrogen and oxygen atoms in total. The molecule has 0 unspecified atom stereocenters. The van der Waals surface area contributed by atoms with Gasteiger partial charge >= 0.3 is 5.97 Å². The number of nitrogens with one attached hydrogen (secondary N) is 1. The van der Waals surface area contributed by atoms with Crippen molar-refractivity contribution in [2.24, 2.45) is 0 Å². The van der Waals surface area contributed by atoms with E-state index in [1.54, 1.807) is 7.11 Å². The smallest absolute Gasteiger partial charge is 0.305 e. The van der Waals surface area contributed by atoms with Crippen molar-refractivity contribution < 1.29 is 19.0 Å². The highest BCUT2D eigenvalue weighted by Crippen LogP contribution is 2.05. The van der Waals surface area contributed by atoms with E-state index in [4.69, 9.17) is 14.2 Å². The van der Waals surface area contributed by atoms with E-state index in [-0.39, 0.29) is 5.97 Å². The van der Waals surface area contributed by atoms with Crippen LogP contribution in [0, 0.1) is 0 Å². The highest BCUT2D eigenvalue weighted by atomic mass is 16.5. The molecule has 0 radical (unpaired) electrons. The monoisotopic (exact) mass is 295 g/mol. The van der Waals surface area contributed by atoms with Crippen molar-refractivity contribution in [1.29, 1.82) is 0 Å². The molecule has 0 bridgehead atoms. The van der Waals surface area contributed by atoms with Gasteiger partial charge in [-0.2, -0.15) is 0 Å². The number of ether oxygens (including phenoxy) is 3. The Morgan fingerprint density at radius 2 is 1.86 bits per heavy atom. The SMILES string of the molecule is COCCOCCCOC(=O)CCCNc1ccccc1. The molecule has 5 heteroatoms. The lowest BCUT2D eigenvalue weighted by atomic mass is 10.3. The maximum Gasteiger partial charge on any atom is 0.305 e. The summed E-state index contributed by atoms with van der Waals surface area (Å²) in [6.45, 7) is 2.94. The first-order chi connectivity index (χ1) is 10.3. The summed E-state index contributed by atoms with van der Waals surface area (Å²) in [7, 11) is 1.64. The van der Waals surface area contributed by atoms with Crippen LogP contribution in [0.1, 0.15) is 19.3 Å². The molecule has 118 valence electrons. The third-order valence-corrected chi connectivity index (χ3v) is 2.79. The van der Waals surface area contributed by atoms with Crippen LogP contribution in [0.3, 0.4) is 0 Å². The molecule has 0 saturated carbocycles. The van der Waals surface area contributed by atoms with Gasteiger partial charge in [0.25, 0.3) is 0 Å². The number of esters is 1. The second-order valence-electron chi connectivity index (χ2n) is 4.58. The lowest BCUT2D eigenvalue weighted by molar-refractivity contribution is -0.144. The summed E-state index contributed by atoms with van der Waals surface area (Å²) in [5, 5.41) is 3.26. The quantitative estimate of drug-likeness (QED) is 0.474. The van der Waals surface area contributed by atoms with Gasteiger partial charge in [0.05, 0.1) is 19.8 Å². The Bertz CT molecular complexity index is 370. The maximum absolute atomic E-state index is 11.5. The number of hydrogen-bond acceptors (Lipinski definition) is 5. The fourth-order valence-corrected chi connectivity index (χ4v) is 1.68. The number of para-hydroxylation sites is 1. The molecule has 1 aromatic rings. The zero-order valence-corrected chi connectivity index (χ0v) is 12.7. The summed E-state index contributed by atoms with van der Waals surface area (Å²) in [4.78, 5) is 11.5. The van der Waals surface area contributed by atoms with Crippen LogP contribution in [0.2, 0.25) is 0 Å². The van der Waals surface area contributed by atoms with Crippen LogP contribution in [-0.4, -0.2) is 46.1 Å². The maximum atomic E-state index is 11.5. The van der Waals surface area contributed by atoms with Crippen LogP contribution in [0.4, 0.5) is 5.69 Å². The first-order valence-corrected chi connectivity index (χ1v) is 7.34. The standard InChI is InChI=1S/C16H25NO4/c1-19-13-14-20-11-6-12-21-16(18)9-5-10-17-15-7-3-2-4-8-15/h2-4,7-8,17H,5-6,9-14H2,1H3. The largest absolute Gasteiger partial charge is 0.466 e. The van der Waals surface area contributed by atoms with E-state index < -0.39 is 0 Å². The van der Waals surface area contributed by atoms with E-state index >= 15 is 0 Å². The number of anilines is 1. The molecule has 0 aromatic heterocycles. The number of carbonyl (C=O) groups is 1. The number of carbonyl (C=O) groups excluding carboxylic acids is 1.